The van der Waals surface area contributed by atoms with E-state index in [0.717, 1.165) is 12.1 Å². The van der Waals surface area contributed by atoms with E-state index in [4.69, 9.17) is 0 Å². The Balaban J connectivity index is 0.000000583. The molecule has 2 nitrogen and oxygen atoms in total. The van der Waals surface area contributed by atoms with Gasteiger partial charge in [0.15, 0.2) is 0 Å². The minimum absolute atomic E-state index is 0.383. The second kappa shape index (κ2) is 9.69. The van der Waals surface area contributed by atoms with Crippen LogP contribution in [-0.4, -0.2) is 18.2 Å². The third kappa shape index (κ3) is 7.11. The molecule has 86 valence electrons. The summed E-state index contributed by atoms with van der Waals surface area (Å²) in [7, 11) is 0. The molecule has 0 fully saturated rings. The lowest BCUT2D eigenvalue weighted by atomic mass is 10.1. The molecule has 15 heavy (non-hydrogen) atoms. The highest BCUT2D eigenvalue weighted by Crippen LogP contribution is 2.09. The minimum Gasteiger partial charge on any atom is -0.387 e. The standard InChI is InChI=1S/C10H15NO.C3H8/c1-2-11-8-10(12)9-6-4-3-5-7-9;1-3-2/h3-7,10-12H,2,8H2,1H3;3H2,1-2H3/t10-;/m0./s1. The van der Waals surface area contributed by atoms with Gasteiger partial charge in [-0.1, -0.05) is 57.5 Å². The molecule has 1 atom stereocenters. The van der Waals surface area contributed by atoms with Gasteiger partial charge >= 0.3 is 0 Å². The molecule has 0 bridgehead atoms. The van der Waals surface area contributed by atoms with Crippen LogP contribution < -0.4 is 5.32 Å². The highest BCUT2D eigenvalue weighted by atomic mass is 16.3. The molecule has 1 aromatic rings. The van der Waals surface area contributed by atoms with Gasteiger partial charge in [0.1, 0.15) is 0 Å². The number of likely N-dealkylation sites (N-methyl/N-ethyl adjacent to an activating group) is 1. The first-order chi connectivity index (χ1) is 7.26. The molecule has 1 rings (SSSR count). The van der Waals surface area contributed by atoms with E-state index in [9.17, 15) is 5.11 Å². The maximum atomic E-state index is 9.59. The first-order valence-corrected chi connectivity index (χ1v) is 5.69. The van der Waals surface area contributed by atoms with E-state index >= 15 is 0 Å². The zero-order valence-corrected chi connectivity index (χ0v) is 10.0. The third-order valence-electron chi connectivity index (χ3n) is 1.77. The summed E-state index contributed by atoms with van der Waals surface area (Å²) in [5.41, 5.74) is 0.971. The molecular weight excluding hydrogens is 186 g/mol. The van der Waals surface area contributed by atoms with Crippen molar-refractivity contribution < 1.29 is 5.11 Å². The van der Waals surface area contributed by atoms with Crippen LogP contribution in [0.4, 0.5) is 0 Å². The summed E-state index contributed by atoms with van der Waals surface area (Å²) in [5, 5.41) is 12.7. The number of rotatable bonds is 4. The molecule has 2 heteroatoms. The average molecular weight is 209 g/mol. The van der Waals surface area contributed by atoms with Crippen LogP contribution in [0.15, 0.2) is 30.3 Å². The molecule has 0 heterocycles. The Labute approximate surface area is 93.3 Å². The fraction of sp³-hybridized carbons (Fsp3) is 0.538. The van der Waals surface area contributed by atoms with Crippen LogP contribution in [0.1, 0.15) is 38.9 Å². The molecule has 0 saturated carbocycles. The van der Waals surface area contributed by atoms with Crippen LogP contribution in [0.25, 0.3) is 0 Å². The van der Waals surface area contributed by atoms with Crippen LogP contribution in [0.5, 0.6) is 0 Å². The predicted molar refractivity (Wildman–Crippen MR) is 65.9 cm³/mol. The van der Waals surface area contributed by atoms with Gasteiger partial charge in [-0.2, -0.15) is 0 Å². The topological polar surface area (TPSA) is 32.3 Å². The van der Waals surface area contributed by atoms with Crippen molar-refractivity contribution in [2.75, 3.05) is 13.1 Å². The lowest BCUT2D eigenvalue weighted by Crippen LogP contribution is -2.20. The van der Waals surface area contributed by atoms with Crippen molar-refractivity contribution in [1.29, 1.82) is 0 Å². The largest absolute Gasteiger partial charge is 0.387 e. The molecule has 0 aliphatic rings. The van der Waals surface area contributed by atoms with Crippen LogP contribution in [0.2, 0.25) is 0 Å². The number of hydrogen-bond acceptors (Lipinski definition) is 2. The maximum Gasteiger partial charge on any atom is 0.0914 e. The zero-order chi connectivity index (χ0) is 11.5. The van der Waals surface area contributed by atoms with Gasteiger partial charge in [-0.25, -0.2) is 0 Å². The Morgan fingerprint density at radius 3 is 2.13 bits per heavy atom. The van der Waals surface area contributed by atoms with Gasteiger partial charge in [-0.15, -0.1) is 0 Å². The van der Waals surface area contributed by atoms with E-state index in [2.05, 4.69) is 19.2 Å². The van der Waals surface area contributed by atoms with E-state index in [1.54, 1.807) is 0 Å². The summed E-state index contributed by atoms with van der Waals surface area (Å²) in [4.78, 5) is 0. The fourth-order valence-electron chi connectivity index (χ4n) is 1.07. The van der Waals surface area contributed by atoms with Crippen LogP contribution in [0, 0.1) is 0 Å². The van der Waals surface area contributed by atoms with Gasteiger partial charge in [0.25, 0.3) is 0 Å². The first kappa shape index (κ1) is 14.1. The number of aliphatic hydroxyl groups excluding tert-OH is 1. The fourth-order valence-corrected chi connectivity index (χ4v) is 1.07. The van der Waals surface area contributed by atoms with Crippen LogP contribution >= 0.6 is 0 Å². The molecule has 0 aromatic heterocycles. The number of aliphatic hydroxyl groups is 1. The van der Waals surface area contributed by atoms with E-state index in [0.29, 0.717) is 6.54 Å². The molecule has 1 aromatic carbocycles. The van der Waals surface area contributed by atoms with Gasteiger partial charge in [0.05, 0.1) is 6.10 Å². The Morgan fingerprint density at radius 1 is 1.13 bits per heavy atom. The van der Waals surface area contributed by atoms with Crippen molar-refractivity contribution >= 4 is 0 Å². The smallest absolute Gasteiger partial charge is 0.0914 e. The molecule has 0 unspecified atom stereocenters. The van der Waals surface area contributed by atoms with E-state index < -0.39 is 0 Å². The molecule has 0 aliphatic heterocycles. The predicted octanol–water partition coefficient (Wildman–Crippen LogP) is 2.75. The summed E-state index contributed by atoms with van der Waals surface area (Å²) < 4.78 is 0. The Hall–Kier alpha value is -0.860. The van der Waals surface area contributed by atoms with Crippen molar-refractivity contribution in [2.24, 2.45) is 0 Å². The van der Waals surface area contributed by atoms with Crippen molar-refractivity contribution in [1.82, 2.24) is 5.32 Å². The van der Waals surface area contributed by atoms with E-state index in [-0.39, 0.29) is 6.10 Å². The quantitative estimate of drug-likeness (QED) is 0.799. The third-order valence-corrected chi connectivity index (χ3v) is 1.77. The highest BCUT2D eigenvalue weighted by molar-refractivity contribution is 5.17. The van der Waals surface area contributed by atoms with Gasteiger partial charge in [0.2, 0.25) is 0 Å². The molecule has 0 aliphatic carbocycles. The normalized spacial score (nSPS) is 11.5. The lowest BCUT2D eigenvalue weighted by Gasteiger charge is -2.10. The molecule has 2 N–H and O–H groups in total. The lowest BCUT2D eigenvalue weighted by molar-refractivity contribution is 0.175. The van der Waals surface area contributed by atoms with Crippen molar-refractivity contribution in [3.8, 4) is 0 Å². The summed E-state index contributed by atoms with van der Waals surface area (Å²) >= 11 is 0. The van der Waals surface area contributed by atoms with Gasteiger partial charge in [-0.3, -0.25) is 0 Å². The summed E-state index contributed by atoms with van der Waals surface area (Å²) in [5.74, 6) is 0. The SMILES string of the molecule is CCC.CCNC[C@H](O)c1ccccc1. The van der Waals surface area contributed by atoms with Crippen molar-refractivity contribution in [3.05, 3.63) is 35.9 Å². The summed E-state index contributed by atoms with van der Waals surface area (Å²) in [6, 6.07) is 9.68. The van der Waals surface area contributed by atoms with E-state index in [1.807, 2.05) is 37.3 Å². The Bertz CT molecular complexity index is 223. The van der Waals surface area contributed by atoms with Gasteiger partial charge < -0.3 is 10.4 Å². The van der Waals surface area contributed by atoms with E-state index in [1.165, 1.54) is 6.42 Å². The summed E-state index contributed by atoms with van der Waals surface area (Å²) in [6.07, 6.45) is 0.867. The number of nitrogens with one attached hydrogen (secondary N) is 1. The molecule has 0 spiro atoms. The first-order valence-electron chi connectivity index (χ1n) is 5.69. The second-order valence-electron chi connectivity index (χ2n) is 3.44. The molecule has 0 radical (unpaired) electrons. The monoisotopic (exact) mass is 209 g/mol. The number of hydrogen-bond donors (Lipinski definition) is 2. The van der Waals surface area contributed by atoms with Crippen molar-refractivity contribution in [3.63, 3.8) is 0 Å². The number of benzene rings is 1. The van der Waals surface area contributed by atoms with Crippen molar-refractivity contribution in [2.45, 2.75) is 33.3 Å². The van der Waals surface area contributed by atoms with Gasteiger partial charge in [-0.05, 0) is 12.1 Å². The second-order valence-corrected chi connectivity index (χ2v) is 3.44. The van der Waals surface area contributed by atoms with Crippen LogP contribution in [-0.2, 0) is 0 Å². The molecule has 0 amide bonds. The zero-order valence-electron chi connectivity index (χ0n) is 10.0. The van der Waals surface area contributed by atoms with Crippen LogP contribution in [0.3, 0.4) is 0 Å². The Morgan fingerprint density at radius 2 is 1.67 bits per heavy atom. The summed E-state index contributed by atoms with van der Waals surface area (Å²) in [6.45, 7) is 7.79. The highest BCUT2D eigenvalue weighted by Gasteiger charge is 2.03. The maximum absolute atomic E-state index is 9.59. The molecular formula is C13H23NO. The minimum atomic E-state index is -0.383. The molecule has 0 saturated heterocycles. The average Bonchev–Trinajstić information content (AvgIpc) is 2.28. The van der Waals surface area contributed by atoms with Gasteiger partial charge in [0, 0.05) is 6.54 Å². The Kier molecular flexibility index (Phi) is 9.13.